The number of benzene rings is 1. The van der Waals surface area contributed by atoms with E-state index in [0.29, 0.717) is 13.1 Å². The molecule has 0 aliphatic carbocycles. The smallest absolute Gasteiger partial charge is 0.231 e. The van der Waals surface area contributed by atoms with Gasteiger partial charge in [0.2, 0.25) is 6.79 Å². The number of piperidine rings is 1. The van der Waals surface area contributed by atoms with Crippen molar-refractivity contribution in [3.05, 3.63) is 18.2 Å². The molecule has 6 heteroatoms. The molecule has 1 fully saturated rings. The van der Waals surface area contributed by atoms with E-state index >= 15 is 0 Å². The van der Waals surface area contributed by atoms with Crippen molar-refractivity contribution in [2.24, 2.45) is 16.1 Å². The summed E-state index contributed by atoms with van der Waals surface area (Å²) in [5, 5.41) is 3.47. The average molecular weight is 332 g/mol. The minimum Gasteiger partial charge on any atom is -0.454 e. The number of hydrogen-bond donors (Lipinski definition) is 2. The van der Waals surface area contributed by atoms with Crippen molar-refractivity contribution in [2.75, 3.05) is 38.3 Å². The normalized spacial score (nSPS) is 18.0. The van der Waals surface area contributed by atoms with Gasteiger partial charge in [-0.15, -0.1) is 0 Å². The minimum absolute atomic E-state index is 0.00238. The Hall–Kier alpha value is -1.95. The maximum absolute atomic E-state index is 5.85. The van der Waals surface area contributed by atoms with Gasteiger partial charge in [0, 0.05) is 31.4 Å². The second-order valence-corrected chi connectivity index (χ2v) is 7.25. The number of aliphatic imine (C=N–C) groups is 1. The van der Waals surface area contributed by atoms with Gasteiger partial charge in [0.25, 0.3) is 0 Å². The second kappa shape index (κ2) is 7.30. The van der Waals surface area contributed by atoms with Crippen LogP contribution < -0.4 is 20.5 Å². The van der Waals surface area contributed by atoms with E-state index in [0.717, 1.165) is 36.2 Å². The monoisotopic (exact) mass is 332 g/mol. The van der Waals surface area contributed by atoms with Crippen LogP contribution in [-0.4, -0.2) is 43.8 Å². The van der Waals surface area contributed by atoms with Crippen LogP contribution in [0.3, 0.4) is 0 Å². The molecule has 0 saturated carbocycles. The van der Waals surface area contributed by atoms with E-state index in [9.17, 15) is 0 Å². The second-order valence-electron chi connectivity index (χ2n) is 7.25. The zero-order valence-electron chi connectivity index (χ0n) is 14.7. The molecule has 2 aliphatic rings. The van der Waals surface area contributed by atoms with Crippen LogP contribution in [0, 0.1) is 5.41 Å². The summed E-state index contributed by atoms with van der Waals surface area (Å²) in [5.41, 5.74) is 6.82. The van der Waals surface area contributed by atoms with Gasteiger partial charge in [0.05, 0.1) is 0 Å². The van der Waals surface area contributed by atoms with Crippen molar-refractivity contribution in [1.82, 2.24) is 4.90 Å². The fraction of sp³-hybridized carbons (Fsp3) is 0.611. The Morgan fingerprint density at radius 2 is 1.96 bits per heavy atom. The summed E-state index contributed by atoms with van der Waals surface area (Å²) in [6.07, 6.45) is 3.71. The number of guanidine groups is 1. The topological polar surface area (TPSA) is 72.1 Å². The lowest BCUT2D eigenvalue weighted by molar-refractivity contribution is 0.174. The van der Waals surface area contributed by atoms with Crippen LogP contribution >= 0.6 is 0 Å². The predicted molar refractivity (Wildman–Crippen MR) is 96.7 cm³/mol. The molecule has 0 spiro atoms. The summed E-state index contributed by atoms with van der Waals surface area (Å²) in [7, 11) is 0. The number of rotatable bonds is 4. The van der Waals surface area contributed by atoms with E-state index in [-0.39, 0.29) is 12.2 Å². The molecule has 1 aromatic carbocycles. The molecule has 0 bridgehead atoms. The maximum atomic E-state index is 5.85. The number of nitrogens with two attached hydrogens (primary N) is 1. The van der Waals surface area contributed by atoms with E-state index < -0.39 is 0 Å². The molecule has 0 aromatic heterocycles. The summed E-state index contributed by atoms with van der Waals surface area (Å²) in [6.45, 7) is 7.98. The molecule has 1 saturated heterocycles. The van der Waals surface area contributed by atoms with Gasteiger partial charge < -0.3 is 25.4 Å². The fourth-order valence-electron chi connectivity index (χ4n) is 2.78. The van der Waals surface area contributed by atoms with Gasteiger partial charge in [-0.3, -0.25) is 4.99 Å². The Morgan fingerprint density at radius 1 is 1.21 bits per heavy atom. The quantitative estimate of drug-likeness (QED) is 0.655. The Balaban J connectivity index is 1.77. The molecule has 2 aliphatic heterocycles. The molecule has 3 rings (SSSR count). The van der Waals surface area contributed by atoms with Crippen LogP contribution in [0.4, 0.5) is 5.69 Å². The van der Waals surface area contributed by atoms with Gasteiger partial charge in [-0.05, 0) is 43.4 Å². The Kier molecular flexibility index (Phi) is 5.14. The summed E-state index contributed by atoms with van der Waals surface area (Å²) in [5.74, 6) is 2.50. The third-order valence-electron chi connectivity index (χ3n) is 4.49. The number of ether oxygens (including phenoxy) is 2. The molecule has 2 heterocycles. The first-order chi connectivity index (χ1) is 11.6. The van der Waals surface area contributed by atoms with E-state index in [1.165, 1.54) is 19.3 Å². The first-order valence-corrected chi connectivity index (χ1v) is 8.73. The fourth-order valence-corrected chi connectivity index (χ4v) is 2.78. The molecule has 6 nitrogen and oxygen atoms in total. The highest BCUT2D eigenvalue weighted by atomic mass is 16.7. The molecule has 3 N–H and O–H groups in total. The van der Waals surface area contributed by atoms with Crippen LogP contribution in [0.15, 0.2) is 23.2 Å². The molecular weight excluding hydrogens is 304 g/mol. The van der Waals surface area contributed by atoms with E-state index in [4.69, 9.17) is 20.2 Å². The lowest BCUT2D eigenvalue weighted by Crippen LogP contribution is -2.41. The van der Waals surface area contributed by atoms with E-state index in [1.54, 1.807) is 0 Å². The van der Waals surface area contributed by atoms with Crippen LogP contribution in [0.2, 0.25) is 0 Å². The van der Waals surface area contributed by atoms with E-state index in [2.05, 4.69) is 24.1 Å². The summed E-state index contributed by atoms with van der Waals surface area (Å²) in [6, 6.07) is 5.90. The van der Waals surface area contributed by atoms with Crippen molar-refractivity contribution in [2.45, 2.75) is 33.1 Å². The average Bonchev–Trinajstić information content (AvgIpc) is 3.07. The highest BCUT2D eigenvalue weighted by molar-refractivity contribution is 5.94. The van der Waals surface area contributed by atoms with E-state index in [1.807, 2.05) is 18.2 Å². The van der Waals surface area contributed by atoms with Gasteiger partial charge in [-0.25, -0.2) is 0 Å². The lowest BCUT2D eigenvalue weighted by atomic mass is 9.94. The van der Waals surface area contributed by atoms with Gasteiger partial charge in [-0.2, -0.15) is 0 Å². The Labute approximate surface area is 144 Å². The molecule has 0 amide bonds. The third-order valence-corrected chi connectivity index (χ3v) is 4.49. The first kappa shape index (κ1) is 16.9. The Bertz CT molecular complexity index is 595. The summed E-state index contributed by atoms with van der Waals surface area (Å²) >= 11 is 0. The van der Waals surface area contributed by atoms with Crippen molar-refractivity contribution in [3.63, 3.8) is 0 Å². The van der Waals surface area contributed by atoms with Crippen molar-refractivity contribution < 1.29 is 9.47 Å². The van der Waals surface area contributed by atoms with Gasteiger partial charge in [-0.1, -0.05) is 13.8 Å². The number of fused-ring (bicyclic) bond motifs is 1. The molecule has 0 radical (unpaired) electrons. The highest BCUT2D eigenvalue weighted by Gasteiger charge is 2.20. The van der Waals surface area contributed by atoms with Gasteiger partial charge >= 0.3 is 0 Å². The van der Waals surface area contributed by atoms with Crippen LogP contribution in [0.1, 0.15) is 33.1 Å². The van der Waals surface area contributed by atoms with Crippen molar-refractivity contribution >= 4 is 11.6 Å². The van der Waals surface area contributed by atoms with Crippen molar-refractivity contribution in [1.29, 1.82) is 0 Å². The lowest BCUT2D eigenvalue weighted by Gasteiger charge is -2.31. The molecule has 0 atom stereocenters. The number of anilines is 1. The summed E-state index contributed by atoms with van der Waals surface area (Å²) < 4.78 is 10.8. The highest BCUT2D eigenvalue weighted by Crippen LogP contribution is 2.34. The van der Waals surface area contributed by atoms with Crippen LogP contribution in [0.5, 0.6) is 11.5 Å². The largest absolute Gasteiger partial charge is 0.454 e. The molecule has 0 unspecified atom stereocenters. The third kappa shape index (κ3) is 4.12. The number of hydrogen-bond acceptors (Lipinski definition) is 4. The summed E-state index contributed by atoms with van der Waals surface area (Å²) in [4.78, 5) is 7.19. The minimum atomic E-state index is -0.00238. The van der Waals surface area contributed by atoms with Crippen LogP contribution in [-0.2, 0) is 0 Å². The Morgan fingerprint density at radius 3 is 2.71 bits per heavy atom. The molecule has 24 heavy (non-hydrogen) atoms. The molecular formula is C18H28N4O2. The zero-order valence-corrected chi connectivity index (χ0v) is 14.7. The first-order valence-electron chi connectivity index (χ1n) is 8.73. The van der Waals surface area contributed by atoms with Gasteiger partial charge in [0.15, 0.2) is 17.5 Å². The predicted octanol–water partition coefficient (Wildman–Crippen LogP) is 2.65. The van der Waals surface area contributed by atoms with Crippen LogP contribution in [0.25, 0.3) is 0 Å². The maximum Gasteiger partial charge on any atom is 0.231 e. The molecule has 1 aromatic rings. The number of nitrogens with one attached hydrogen (secondary N) is 1. The number of likely N-dealkylation sites (tertiary alicyclic amines) is 1. The SMILES string of the molecule is CC(C)(CN)CN=C(Nc1ccc2c(c1)OCO2)N1CCCCC1. The standard InChI is InChI=1S/C18H28N4O2/c1-18(2,11-19)12-20-17(22-8-4-3-5-9-22)21-14-6-7-15-16(10-14)24-13-23-15/h6-7,10H,3-5,8-9,11-13,19H2,1-2H3,(H,20,21). The zero-order chi connectivity index (χ0) is 17.0. The van der Waals surface area contributed by atoms with Crippen molar-refractivity contribution in [3.8, 4) is 11.5 Å². The number of nitrogens with zero attached hydrogens (tertiary/aromatic N) is 2. The molecule has 132 valence electrons. The van der Waals surface area contributed by atoms with Gasteiger partial charge in [0.1, 0.15) is 0 Å².